The van der Waals surface area contributed by atoms with Crippen LogP contribution in [0.5, 0.6) is 11.5 Å². The van der Waals surface area contributed by atoms with Gasteiger partial charge in [0.1, 0.15) is 25.1 Å². The summed E-state index contributed by atoms with van der Waals surface area (Å²) in [7, 11) is 0. The minimum atomic E-state index is -1.03. The number of ether oxygens (including phenoxy) is 2. The van der Waals surface area contributed by atoms with E-state index in [1.165, 1.54) is 23.5 Å². The normalized spacial score (nSPS) is 17.4. The van der Waals surface area contributed by atoms with Crippen molar-refractivity contribution in [2.75, 3.05) is 32.8 Å². The number of thiophene rings is 1. The Balaban J connectivity index is 1.35. The third-order valence-electron chi connectivity index (χ3n) is 6.54. The summed E-state index contributed by atoms with van der Waals surface area (Å²) in [5, 5.41) is 27.2. The Kier molecular flexibility index (Phi) is 7.68. The van der Waals surface area contributed by atoms with Gasteiger partial charge in [-0.25, -0.2) is 4.39 Å². The molecule has 3 aromatic rings. The number of halogens is 1. The number of rotatable bonds is 8. The lowest BCUT2D eigenvalue weighted by atomic mass is 10.0. The second-order valence-electron chi connectivity index (χ2n) is 9.05. The van der Waals surface area contributed by atoms with Gasteiger partial charge in [-0.3, -0.25) is 4.79 Å². The number of aliphatic hydroxyl groups excluding tert-OH is 1. The predicted molar refractivity (Wildman–Crippen MR) is 138 cm³/mol. The number of carbonyl (C=O) groups is 1. The number of amides is 1. The van der Waals surface area contributed by atoms with Gasteiger partial charge < -0.3 is 30.0 Å². The molecular weight excluding hydrogens is 497 g/mol. The Bertz CT molecular complexity index is 1270. The topological polar surface area (TPSA) is 104 Å². The smallest absolute Gasteiger partial charge is 0.275 e. The van der Waals surface area contributed by atoms with Crippen molar-refractivity contribution in [1.29, 1.82) is 0 Å². The molecule has 0 spiro atoms. The van der Waals surface area contributed by atoms with Crippen molar-refractivity contribution >= 4 is 23.0 Å². The average Bonchev–Trinajstić information content (AvgIpc) is 3.61. The number of nitrogens with zero attached hydrogens (tertiary/aromatic N) is 2. The fraction of sp³-hybridized carbons (Fsp3) is 0.333. The number of carbonyl (C=O) groups excluding carboxylic acids is 1. The van der Waals surface area contributed by atoms with Crippen LogP contribution in [0.25, 0.3) is 10.4 Å². The van der Waals surface area contributed by atoms with Crippen LogP contribution in [-0.2, 0) is 4.79 Å². The highest BCUT2D eigenvalue weighted by molar-refractivity contribution is 7.18. The number of fused-ring (bicyclic) bond motifs is 1. The van der Waals surface area contributed by atoms with E-state index in [-0.39, 0.29) is 11.5 Å². The number of hydrogen-bond donors (Lipinski definition) is 3. The molecule has 1 saturated heterocycles. The quantitative estimate of drug-likeness (QED) is 0.235. The summed E-state index contributed by atoms with van der Waals surface area (Å²) in [6.45, 7) is 3.10. The molecule has 8 nitrogen and oxygen atoms in total. The van der Waals surface area contributed by atoms with Crippen molar-refractivity contribution in [3.8, 4) is 21.9 Å². The van der Waals surface area contributed by atoms with Gasteiger partial charge >= 0.3 is 0 Å². The Morgan fingerprint density at radius 1 is 1.05 bits per heavy atom. The summed E-state index contributed by atoms with van der Waals surface area (Å²) in [6.07, 6.45) is 1.09. The van der Waals surface area contributed by atoms with Crippen molar-refractivity contribution in [3.05, 3.63) is 70.9 Å². The molecule has 2 atom stereocenters. The van der Waals surface area contributed by atoms with Gasteiger partial charge in [0.2, 0.25) is 0 Å². The lowest BCUT2D eigenvalue weighted by molar-refractivity contribution is -0.116. The van der Waals surface area contributed by atoms with Crippen LogP contribution in [0.2, 0.25) is 0 Å². The first-order valence-corrected chi connectivity index (χ1v) is 13.0. The van der Waals surface area contributed by atoms with E-state index < -0.39 is 18.1 Å². The summed E-state index contributed by atoms with van der Waals surface area (Å²) >= 11 is 1.26. The van der Waals surface area contributed by atoms with E-state index in [4.69, 9.17) is 9.47 Å². The van der Waals surface area contributed by atoms with Crippen molar-refractivity contribution in [2.45, 2.75) is 25.0 Å². The van der Waals surface area contributed by atoms with Gasteiger partial charge in [0.15, 0.2) is 17.2 Å². The molecule has 1 amide bonds. The van der Waals surface area contributed by atoms with Gasteiger partial charge in [-0.2, -0.15) is 0 Å². The lowest BCUT2D eigenvalue weighted by Crippen LogP contribution is -2.48. The zero-order chi connectivity index (χ0) is 25.8. The van der Waals surface area contributed by atoms with Gasteiger partial charge in [0, 0.05) is 11.4 Å². The molecule has 2 aliphatic heterocycles. The van der Waals surface area contributed by atoms with Crippen LogP contribution in [0.3, 0.4) is 0 Å². The third kappa shape index (κ3) is 5.76. The van der Waals surface area contributed by atoms with E-state index >= 15 is 0 Å². The first-order chi connectivity index (χ1) is 18.0. The van der Waals surface area contributed by atoms with Crippen LogP contribution in [0.1, 0.15) is 29.4 Å². The second-order valence-corrected chi connectivity index (χ2v) is 10.1. The third-order valence-corrected chi connectivity index (χ3v) is 7.68. The molecule has 0 bridgehead atoms. The monoisotopic (exact) mass is 525 g/mol. The molecule has 5 rings (SSSR count). The molecule has 0 radical (unpaired) electrons. The second kappa shape index (κ2) is 11.3. The maximum Gasteiger partial charge on any atom is 0.275 e. The molecule has 194 valence electrons. The highest BCUT2D eigenvalue weighted by atomic mass is 32.1. The average molecular weight is 526 g/mol. The van der Waals surface area contributed by atoms with Gasteiger partial charge in [0.05, 0.1) is 10.9 Å². The van der Waals surface area contributed by atoms with Crippen LogP contribution in [-0.4, -0.2) is 65.7 Å². The van der Waals surface area contributed by atoms with E-state index in [1.54, 1.807) is 42.5 Å². The van der Waals surface area contributed by atoms with Crippen LogP contribution < -0.4 is 14.8 Å². The van der Waals surface area contributed by atoms with Gasteiger partial charge in [0.25, 0.3) is 5.91 Å². The summed E-state index contributed by atoms with van der Waals surface area (Å²) < 4.78 is 24.5. The maximum absolute atomic E-state index is 13.3. The molecule has 2 aliphatic rings. The Morgan fingerprint density at radius 2 is 1.78 bits per heavy atom. The first-order valence-electron chi connectivity index (χ1n) is 12.2. The van der Waals surface area contributed by atoms with E-state index in [9.17, 15) is 19.5 Å². The van der Waals surface area contributed by atoms with Gasteiger partial charge in [-0.1, -0.05) is 23.4 Å². The number of aliphatic hydroxyl groups is 1. The molecule has 3 N–H and O–H groups in total. The zero-order valence-electron chi connectivity index (χ0n) is 20.1. The molecule has 1 fully saturated rings. The summed E-state index contributed by atoms with van der Waals surface area (Å²) in [4.78, 5) is 16.7. The molecule has 0 unspecified atom stereocenters. The number of hydrogen-bond acceptors (Lipinski definition) is 8. The fourth-order valence-corrected chi connectivity index (χ4v) is 5.62. The number of nitrogens with one attached hydrogen (secondary N) is 1. The van der Waals surface area contributed by atoms with E-state index in [2.05, 4.69) is 15.4 Å². The van der Waals surface area contributed by atoms with Gasteiger partial charge in [-0.15, -0.1) is 11.3 Å². The summed E-state index contributed by atoms with van der Waals surface area (Å²) in [6, 6.07) is 14.1. The SMILES string of the molecule is O=C(N[C@H](CN1CCCC1)[C@H](O)c1ccc2c(c1)OCCO2)C(=NO)c1ccc(-c2ccc(F)cc2)s1. The standard InChI is InChI=1S/C27H28FN3O5S/c28-19-6-3-17(4-7-19)23-9-10-24(37-23)25(30-34)27(33)29-20(16-31-11-1-2-12-31)26(32)18-5-8-21-22(15-18)36-14-13-35-21/h3-10,15,20,26,32,34H,1-2,11-14,16H2,(H,29,33)/t20-,26-/m1/s1. The number of benzene rings is 2. The molecular formula is C27H28FN3O5S. The molecule has 1 aromatic heterocycles. The maximum atomic E-state index is 13.3. The minimum absolute atomic E-state index is 0.154. The van der Waals surface area contributed by atoms with Crippen LogP contribution >= 0.6 is 11.3 Å². The molecule has 3 heterocycles. The highest BCUT2D eigenvalue weighted by Crippen LogP contribution is 2.34. The highest BCUT2D eigenvalue weighted by Gasteiger charge is 2.30. The Hall–Kier alpha value is -3.47. The number of likely N-dealkylation sites (tertiary alicyclic amines) is 1. The van der Waals surface area contributed by atoms with E-state index in [1.807, 2.05) is 0 Å². The van der Waals surface area contributed by atoms with E-state index in [0.29, 0.717) is 41.7 Å². The zero-order valence-corrected chi connectivity index (χ0v) is 20.9. The predicted octanol–water partition coefficient (Wildman–Crippen LogP) is 3.82. The molecule has 0 saturated carbocycles. The minimum Gasteiger partial charge on any atom is -0.486 e. The fourth-order valence-electron chi connectivity index (χ4n) is 4.62. The van der Waals surface area contributed by atoms with Crippen molar-refractivity contribution in [1.82, 2.24) is 10.2 Å². The molecule has 2 aromatic carbocycles. The van der Waals surface area contributed by atoms with E-state index in [0.717, 1.165) is 36.4 Å². The van der Waals surface area contributed by atoms with Crippen LogP contribution in [0.15, 0.2) is 59.8 Å². The van der Waals surface area contributed by atoms with Crippen LogP contribution in [0, 0.1) is 5.82 Å². The van der Waals surface area contributed by atoms with Crippen molar-refractivity contribution < 1.29 is 29.0 Å². The first kappa shape index (κ1) is 25.2. The van der Waals surface area contributed by atoms with Crippen molar-refractivity contribution in [3.63, 3.8) is 0 Å². The Labute approximate surface area is 217 Å². The lowest BCUT2D eigenvalue weighted by Gasteiger charge is -2.29. The summed E-state index contributed by atoms with van der Waals surface area (Å²) in [5.41, 5.74) is 1.22. The Morgan fingerprint density at radius 3 is 2.51 bits per heavy atom. The van der Waals surface area contributed by atoms with Gasteiger partial charge in [-0.05, 0) is 73.5 Å². The van der Waals surface area contributed by atoms with Crippen LogP contribution in [0.4, 0.5) is 4.39 Å². The molecule has 0 aliphatic carbocycles. The molecule has 37 heavy (non-hydrogen) atoms. The largest absolute Gasteiger partial charge is 0.486 e. The molecule has 10 heteroatoms. The summed E-state index contributed by atoms with van der Waals surface area (Å²) in [5.74, 6) is 0.235. The van der Waals surface area contributed by atoms with Crippen molar-refractivity contribution in [2.24, 2.45) is 5.16 Å². The number of oxime groups is 1.